The highest BCUT2D eigenvalue weighted by Crippen LogP contribution is 2.26. The molecule has 13 heteroatoms. The number of aliphatic hydroxyl groups is 4. The van der Waals surface area contributed by atoms with Crippen LogP contribution in [0.2, 0.25) is 0 Å². The van der Waals surface area contributed by atoms with Gasteiger partial charge < -0.3 is 35.2 Å². The van der Waals surface area contributed by atoms with Crippen molar-refractivity contribution >= 4 is 16.3 Å². The number of carbonyl (C=O) groups excluding carboxylic acids is 1. The molecule has 78 heavy (non-hydrogen) atoms. The number of unbranched alkanes of at least 4 members (excludes halogenated alkanes) is 42. The third-order valence-electron chi connectivity index (χ3n) is 15.7. The molecule has 0 aromatic rings. The van der Waals surface area contributed by atoms with E-state index in [1.165, 1.54) is 244 Å². The minimum Gasteiger partial charge on any atom is -0.394 e. The van der Waals surface area contributed by atoms with Gasteiger partial charge in [0, 0.05) is 6.42 Å². The number of rotatable bonds is 58. The summed E-state index contributed by atoms with van der Waals surface area (Å²) in [5, 5.41) is 45.1. The molecule has 0 saturated carbocycles. The summed E-state index contributed by atoms with van der Waals surface area (Å²) in [7, 11) is -5.09. The molecule has 1 heterocycles. The molecule has 1 amide bonds. The Morgan fingerprint density at radius 1 is 0.513 bits per heavy atom. The smallest absolute Gasteiger partial charge is 0.394 e. The Labute approximate surface area is 479 Å². The van der Waals surface area contributed by atoms with Gasteiger partial charge in [0.2, 0.25) is 5.91 Å². The van der Waals surface area contributed by atoms with Gasteiger partial charge in [-0.2, -0.15) is 8.42 Å². The summed E-state index contributed by atoms with van der Waals surface area (Å²) in [6.07, 6.45) is 62.0. The highest BCUT2D eigenvalue weighted by molar-refractivity contribution is 7.80. The van der Waals surface area contributed by atoms with Gasteiger partial charge in [0.25, 0.3) is 0 Å². The van der Waals surface area contributed by atoms with E-state index in [0.717, 1.165) is 44.9 Å². The maximum absolute atomic E-state index is 13.2. The lowest BCUT2D eigenvalue weighted by Crippen LogP contribution is -2.61. The van der Waals surface area contributed by atoms with Crippen molar-refractivity contribution in [3.05, 3.63) is 36.5 Å². The van der Waals surface area contributed by atoms with Crippen LogP contribution in [0.5, 0.6) is 0 Å². The molecular formula is C65H123NO11S. The lowest BCUT2D eigenvalue weighted by molar-refractivity contribution is -0.298. The van der Waals surface area contributed by atoms with Crippen LogP contribution in [0, 0.1) is 0 Å². The minimum atomic E-state index is -5.09. The van der Waals surface area contributed by atoms with Gasteiger partial charge in [-0.15, -0.1) is 0 Å². The van der Waals surface area contributed by atoms with E-state index in [0.29, 0.717) is 6.42 Å². The van der Waals surface area contributed by atoms with E-state index >= 15 is 0 Å². The summed E-state index contributed by atoms with van der Waals surface area (Å²) in [5.41, 5.74) is 0. The van der Waals surface area contributed by atoms with E-state index in [4.69, 9.17) is 9.47 Å². The van der Waals surface area contributed by atoms with Gasteiger partial charge in [0.05, 0.1) is 25.4 Å². The molecule has 1 rings (SSSR count). The Hall–Kier alpha value is -1.68. The van der Waals surface area contributed by atoms with E-state index in [9.17, 15) is 38.2 Å². The molecule has 0 aliphatic carbocycles. The van der Waals surface area contributed by atoms with Crippen molar-refractivity contribution in [3.8, 4) is 0 Å². The van der Waals surface area contributed by atoms with Crippen molar-refractivity contribution in [3.63, 3.8) is 0 Å². The first kappa shape index (κ1) is 74.3. The third kappa shape index (κ3) is 45.9. The van der Waals surface area contributed by atoms with Crippen molar-refractivity contribution in [1.29, 1.82) is 0 Å². The zero-order chi connectivity index (χ0) is 56.8. The molecule has 0 aromatic heterocycles. The van der Waals surface area contributed by atoms with Gasteiger partial charge in [-0.1, -0.05) is 294 Å². The van der Waals surface area contributed by atoms with Gasteiger partial charge >= 0.3 is 10.4 Å². The van der Waals surface area contributed by atoms with E-state index in [2.05, 4.69) is 47.7 Å². The Morgan fingerprint density at radius 3 is 1.22 bits per heavy atom. The summed E-state index contributed by atoms with van der Waals surface area (Å²) in [4.78, 5) is 13.2. The van der Waals surface area contributed by atoms with E-state index in [1.807, 2.05) is 6.08 Å². The van der Waals surface area contributed by atoms with Gasteiger partial charge in [0.15, 0.2) is 6.29 Å². The fourth-order valence-electron chi connectivity index (χ4n) is 10.6. The average Bonchev–Trinajstić information content (AvgIpc) is 3.45. The Kier molecular flexibility index (Phi) is 52.0. The van der Waals surface area contributed by atoms with Crippen LogP contribution in [0.25, 0.3) is 0 Å². The molecule has 7 unspecified atom stereocenters. The van der Waals surface area contributed by atoms with E-state index in [1.54, 1.807) is 6.08 Å². The highest BCUT2D eigenvalue weighted by Gasteiger charge is 2.48. The first-order valence-corrected chi connectivity index (χ1v) is 34.2. The number of aliphatic hydroxyl groups excluding tert-OH is 4. The molecule has 460 valence electrons. The summed E-state index contributed by atoms with van der Waals surface area (Å²) < 4.78 is 48.0. The SMILES string of the molecule is CCCCCCCCCCC/C=C\C/C=C\CCCCCCCCCCCCCCCC(=O)NC(COC1OC(CO)C(O)C(OS(=O)(=O)O)C1O)C(O)/C=C/CCCCCCCCCCCCCCCCCCCCCC. The molecule has 1 aliphatic heterocycles. The molecule has 0 bridgehead atoms. The zero-order valence-corrected chi connectivity index (χ0v) is 51.1. The number of nitrogens with one attached hydrogen (secondary N) is 1. The number of hydrogen-bond donors (Lipinski definition) is 6. The summed E-state index contributed by atoms with van der Waals surface area (Å²) in [5.74, 6) is -0.259. The number of amides is 1. The van der Waals surface area contributed by atoms with Crippen molar-refractivity contribution in [2.24, 2.45) is 0 Å². The molecule has 7 atom stereocenters. The second-order valence-corrected chi connectivity index (χ2v) is 24.1. The van der Waals surface area contributed by atoms with Crippen molar-refractivity contribution in [2.45, 2.75) is 358 Å². The minimum absolute atomic E-state index is 0.259. The Balaban J connectivity index is 2.29. The summed E-state index contributed by atoms with van der Waals surface area (Å²) in [6.45, 7) is 3.44. The topological polar surface area (TPSA) is 192 Å². The van der Waals surface area contributed by atoms with Crippen LogP contribution >= 0.6 is 0 Å². The Morgan fingerprint density at radius 2 is 0.859 bits per heavy atom. The van der Waals surface area contributed by atoms with E-state index < -0.39 is 59.9 Å². The highest BCUT2D eigenvalue weighted by atomic mass is 32.3. The molecule has 1 saturated heterocycles. The van der Waals surface area contributed by atoms with Crippen molar-refractivity contribution in [2.75, 3.05) is 13.2 Å². The molecule has 1 fully saturated rings. The standard InChI is InChI=1S/C65H123NO11S/c1-3-5-7-9-11-13-15-17-19-21-23-25-27-28-29-30-31-32-33-35-37-39-41-43-45-47-49-51-53-55-61(69)66-58(57-75-65-63(71)64(77-78(72,73)74)62(70)60(56-67)76-65)59(68)54-52-50-48-46-44-42-40-38-36-34-26-24-22-20-18-16-14-12-10-8-6-4-2/h23,25,28-29,52,54,58-60,62-65,67-68,70-71H,3-22,24,26-27,30-51,53,55-57H2,1-2H3,(H,66,69)(H,72,73,74)/b25-23-,29-28-,54-52+. The molecule has 12 nitrogen and oxygen atoms in total. The van der Waals surface area contributed by atoms with Crippen molar-refractivity contribution < 1.29 is 51.8 Å². The monoisotopic (exact) mass is 1130 g/mol. The first-order chi connectivity index (χ1) is 38.0. The first-order valence-electron chi connectivity index (χ1n) is 32.9. The van der Waals surface area contributed by atoms with Gasteiger partial charge in [0.1, 0.15) is 24.4 Å². The maximum Gasteiger partial charge on any atom is 0.397 e. The quantitative estimate of drug-likeness (QED) is 0.0193. The molecule has 0 aromatic carbocycles. The summed E-state index contributed by atoms with van der Waals surface area (Å²) in [6, 6.07) is -0.946. The predicted molar refractivity (Wildman–Crippen MR) is 324 cm³/mol. The van der Waals surface area contributed by atoms with Crippen molar-refractivity contribution in [1.82, 2.24) is 5.32 Å². The number of hydrogen-bond acceptors (Lipinski definition) is 10. The van der Waals surface area contributed by atoms with Crippen LogP contribution < -0.4 is 5.32 Å². The van der Waals surface area contributed by atoms with Crippen LogP contribution in [0.1, 0.15) is 316 Å². The lowest BCUT2D eigenvalue weighted by Gasteiger charge is -2.41. The molecule has 6 N–H and O–H groups in total. The third-order valence-corrected chi connectivity index (χ3v) is 16.1. The summed E-state index contributed by atoms with van der Waals surface area (Å²) >= 11 is 0. The van der Waals surface area contributed by atoms with Crippen LogP contribution in [-0.4, -0.2) is 95.4 Å². The normalized spacial score (nSPS) is 19.0. The second-order valence-electron chi connectivity index (χ2n) is 23.1. The fraction of sp³-hybridized carbons (Fsp3) is 0.892. The second kappa shape index (κ2) is 54.6. The lowest BCUT2D eigenvalue weighted by atomic mass is 9.99. The number of carbonyl (C=O) groups is 1. The van der Waals surface area contributed by atoms with Crippen LogP contribution in [0.15, 0.2) is 36.5 Å². The maximum atomic E-state index is 13.2. The van der Waals surface area contributed by atoms with Crippen LogP contribution in [0.4, 0.5) is 0 Å². The number of allylic oxidation sites excluding steroid dienone is 5. The average molecular weight is 1130 g/mol. The predicted octanol–water partition coefficient (Wildman–Crippen LogP) is 16.5. The zero-order valence-electron chi connectivity index (χ0n) is 50.2. The van der Waals surface area contributed by atoms with Gasteiger partial charge in [-0.25, -0.2) is 4.18 Å². The molecular weight excluding hydrogens is 1000 g/mol. The largest absolute Gasteiger partial charge is 0.397 e. The van der Waals surface area contributed by atoms with Gasteiger partial charge in [-0.3, -0.25) is 9.35 Å². The van der Waals surface area contributed by atoms with Gasteiger partial charge in [-0.05, 0) is 51.4 Å². The molecule has 0 radical (unpaired) electrons. The molecule has 1 aliphatic rings. The number of ether oxygens (including phenoxy) is 2. The Bertz CT molecular complexity index is 1510. The van der Waals surface area contributed by atoms with E-state index in [-0.39, 0.29) is 18.9 Å². The fourth-order valence-corrected chi connectivity index (χ4v) is 11.1. The van der Waals surface area contributed by atoms with Crippen LogP contribution in [-0.2, 0) is 28.9 Å². The van der Waals surface area contributed by atoms with Crippen LogP contribution in [0.3, 0.4) is 0 Å². The molecule has 0 spiro atoms.